The number of guanidine groups is 1. The number of piperidine rings is 1. The summed E-state index contributed by atoms with van der Waals surface area (Å²) in [5, 5.41) is 3.53. The van der Waals surface area contributed by atoms with Crippen LogP contribution in [-0.4, -0.2) is 72.0 Å². The van der Waals surface area contributed by atoms with E-state index in [2.05, 4.69) is 59.2 Å². The van der Waals surface area contributed by atoms with E-state index in [9.17, 15) is 0 Å². The summed E-state index contributed by atoms with van der Waals surface area (Å²) < 4.78 is 0. The summed E-state index contributed by atoms with van der Waals surface area (Å²) in [6.45, 7) is 7.96. The second kappa shape index (κ2) is 10.4. The van der Waals surface area contributed by atoms with Crippen LogP contribution in [0, 0.1) is 0 Å². The summed E-state index contributed by atoms with van der Waals surface area (Å²) in [7, 11) is 1.86. The van der Waals surface area contributed by atoms with E-state index in [0.29, 0.717) is 0 Å². The van der Waals surface area contributed by atoms with Crippen LogP contribution in [0.25, 0.3) is 0 Å². The maximum absolute atomic E-state index is 4.49. The predicted molar refractivity (Wildman–Crippen MR) is 122 cm³/mol. The van der Waals surface area contributed by atoms with Crippen molar-refractivity contribution in [2.45, 2.75) is 32.4 Å². The molecule has 1 aromatic carbocycles. The highest BCUT2D eigenvalue weighted by Crippen LogP contribution is 2.14. The molecule has 0 bridgehead atoms. The number of aromatic nitrogens is 2. The minimum Gasteiger partial charge on any atom is -0.352 e. The molecule has 2 saturated heterocycles. The highest BCUT2D eigenvalue weighted by molar-refractivity contribution is 5.80. The van der Waals surface area contributed by atoms with Gasteiger partial charge in [-0.3, -0.25) is 9.89 Å². The summed E-state index contributed by atoms with van der Waals surface area (Å²) in [4.78, 5) is 20.3. The van der Waals surface area contributed by atoms with Crippen molar-refractivity contribution in [3.05, 3.63) is 53.9 Å². The molecule has 1 N–H and O–H groups in total. The lowest BCUT2D eigenvalue weighted by atomic mass is 10.1. The Bertz CT molecular complexity index is 792. The van der Waals surface area contributed by atoms with Gasteiger partial charge in [0, 0.05) is 58.7 Å². The van der Waals surface area contributed by atoms with E-state index in [4.69, 9.17) is 0 Å². The number of likely N-dealkylation sites (tertiary alicyclic amines) is 1. The maximum Gasteiger partial charge on any atom is 0.225 e. The van der Waals surface area contributed by atoms with Crippen molar-refractivity contribution in [1.29, 1.82) is 0 Å². The number of nitrogens with one attached hydrogen (secondary N) is 1. The fourth-order valence-corrected chi connectivity index (χ4v) is 4.22. The molecule has 0 amide bonds. The van der Waals surface area contributed by atoms with Crippen molar-refractivity contribution >= 4 is 11.9 Å². The lowest BCUT2D eigenvalue weighted by molar-refractivity contribution is 0.221. The van der Waals surface area contributed by atoms with Gasteiger partial charge in [-0.1, -0.05) is 30.7 Å². The highest BCUT2D eigenvalue weighted by Gasteiger charge is 2.21. The zero-order valence-electron chi connectivity index (χ0n) is 18.0. The molecule has 4 rings (SSSR count). The smallest absolute Gasteiger partial charge is 0.225 e. The van der Waals surface area contributed by atoms with Gasteiger partial charge in [-0.15, -0.1) is 0 Å². The van der Waals surface area contributed by atoms with Crippen molar-refractivity contribution < 1.29 is 0 Å². The Morgan fingerprint density at radius 3 is 2.23 bits per heavy atom. The van der Waals surface area contributed by atoms with Crippen LogP contribution in [0.15, 0.2) is 47.7 Å². The number of anilines is 1. The fraction of sp³-hybridized carbons (Fsp3) is 0.522. The molecule has 0 saturated carbocycles. The number of hydrogen-bond donors (Lipinski definition) is 1. The van der Waals surface area contributed by atoms with Crippen LogP contribution in [0.1, 0.15) is 30.4 Å². The normalized spacial score (nSPS) is 18.5. The Hall–Kier alpha value is -2.67. The van der Waals surface area contributed by atoms with Gasteiger partial charge in [-0.2, -0.15) is 0 Å². The molecule has 0 unspecified atom stereocenters. The van der Waals surface area contributed by atoms with Gasteiger partial charge in [-0.05, 0) is 43.1 Å². The Morgan fingerprint density at radius 1 is 0.900 bits per heavy atom. The van der Waals surface area contributed by atoms with E-state index < -0.39 is 0 Å². The number of rotatable bonds is 5. The average Bonchev–Trinajstić information content (AvgIpc) is 2.82. The number of nitrogens with zero attached hydrogens (tertiary/aromatic N) is 6. The Kier molecular flexibility index (Phi) is 7.13. The van der Waals surface area contributed by atoms with E-state index in [0.717, 1.165) is 51.2 Å². The third-order valence-corrected chi connectivity index (χ3v) is 5.95. The number of aliphatic imine (C=N–C) groups is 1. The molecule has 3 heterocycles. The molecule has 2 aromatic rings. The monoisotopic (exact) mass is 407 g/mol. The van der Waals surface area contributed by atoms with E-state index in [1.807, 2.05) is 13.1 Å². The van der Waals surface area contributed by atoms with Crippen molar-refractivity contribution in [3.63, 3.8) is 0 Å². The van der Waals surface area contributed by atoms with Gasteiger partial charge in [0.1, 0.15) is 0 Å². The average molecular weight is 408 g/mol. The van der Waals surface area contributed by atoms with Crippen LogP contribution in [0.2, 0.25) is 0 Å². The first kappa shape index (κ1) is 20.6. The minimum atomic E-state index is 0.790. The molecule has 2 aliphatic heterocycles. The van der Waals surface area contributed by atoms with E-state index in [1.54, 1.807) is 12.4 Å². The molecule has 30 heavy (non-hydrogen) atoms. The summed E-state index contributed by atoms with van der Waals surface area (Å²) in [5.41, 5.74) is 2.69. The van der Waals surface area contributed by atoms with Crippen LogP contribution in [-0.2, 0) is 13.1 Å². The standard InChI is InChI=1S/C23H33N7/c1-24-22(29-14-16-30(17-15-29)23-25-10-5-11-26-23)27-18-20-6-8-21(9-7-20)19-28-12-3-2-4-13-28/h5-11H,2-4,12-19H2,1H3,(H,24,27). The third kappa shape index (κ3) is 5.48. The van der Waals surface area contributed by atoms with E-state index in [1.165, 1.54) is 43.5 Å². The molecule has 0 spiro atoms. The van der Waals surface area contributed by atoms with Gasteiger partial charge in [-0.25, -0.2) is 9.97 Å². The molecule has 2 aliphatic rings. The molecule has 0 atom stereocenters. The summed E-state index contributed by atoms with van der Waals surface area (Å²) in [6.07, 6.45) is 7.67. The number of hydrogen-bond acceptors (Lipinski definition) is 5. The number of benzene rings is 1. The van der Waals surface area contributed by atoms with Crippen LogP contribution < -0.4 is 10.2 Å². The van der Waals surface area contributed by atoms with Crippen LogP contribution in [0.4, 0.5) is 5.95 Å². The second-order valence-corrected chi connectivity index (χ2v) is 8.08. The van der Waals surface area contributed by atoms with E-state index in [-0.39, 0.29) is 0 Å². The molecule has 0 radical (unpaired) electrons. The van der Waals surface area contributed by atoms with Gasteiger partial charge in [0.2, 0.25) is 5.95 Å². The molecule has 7 nitrogen and oxygen atoms in total. The van der Waals surface area contributed by atoms with Gasteiger partial charge in [0.15, 0.2) is 5.96 Å². The zero-order valence-corrected chi connectivity index (χ0v) is 18.0. The molecular weight excluding hydrogens is 374 g/mol. The number of piperazine rings is 1. The van der Waals surface area contributed by atoms with Gasteiger partial charge >= 0.3 is 0 Å². The van der Waals surface area contributed by atoms with Crippen LogP contribution in [0.5, 0.6) is 0 Å². The van der Waals surface area contributed by atoms with Crippen LogP contribution >= 0.6 is 0 Å². The SMILES string of the molecule is CN=C(NCc1ccc(CN2CCCCC2)cc1)N1CCN(c2ncccn2)CC1. The Balaban J connectivity index is 1.24. The fourth-order valence-electron chi connectivity index (χ4n) is 4.22. The van der Waals surface area contributed by atoms with Gasteiger partial charge in [0.25, 0.3) is 0 Å². The summed E-state index contributed by atoms with van der Waals surface area (Å²) >= 11 is 0. The van der Waals surface area contributed by atoms with Crippen molar-refractivity contribution in [1.82, 2.24) is 25.1 Å². The molecule has 7 heteroatoms. The minimum absolute atomic E-state index is 0.790. The topological polar surface area (TPSA) is 59.9 Å². The summed E-state index contributed by atoms with van der Waals surface area (Å²) in [5.74, 6) is 1.77. The second-order valence-electron chi connectivity index (χ2n) is 8.08. The Morgan fingerprint density at radius 2 is 1.57 bits per heavy atom. The molecule has 2 fully saturated rings. The largest absolute Gasteiger partial charge is 0.352 e. The summed E-state index contributed by atoms with van der Waals surface area (Å²) in [6, 6.07) is 10.9. The Labute approximate surface area is 179 Å². The highest BCUT2D eigenvalue weighted by atomic mass is 15.4. The first-order chi connectivity index (χ1) is 14.8. The molecule has 1 aromatic heterocycles. The maximum atomic E-state index is 4.49. The van der Waals surface area contributed by atoms with Crippen molar-refractivity contribution in [3.8, 4) is 0 Å². The van der Waals surface area contributed by atoms with Crippen molar-refractivity contribution in [2.24, 2.45) is 4.99 Å². The van der Waals surface area contributed by atoms with Gasteiger partial charge in [0.05, 0.1) is 0 Å². The van der Waals surface area contributed by atoms with E-state index >= 15 is 0 Å². The quantitative estimate of drug-likeness (QED) is 0.607. The molecule has 0 aliphatic carbocycles. The lowest BCUT2D eigenvalue weighted by Gasteiger charge is -2.36. The zero-order chi connectivity index (χ0) is 20.6. The first-order valence-corrected chi connectivity index (χ1v) is 11.1. The van der Waals surface area contributed by atoms with Gasteiger partial charge < -0.3 is 15.1 Å². The lowest BCUT2D eigenvalue weighted by Crippen LogP contribution is -2.52. The van der Waals surface area contributed by atoms with Crippen LogP contribution in [0.3, 0.4) is 0 Å². The predicted octanol–water partition coefficient (Wildman–Crippen LogP) is 2.36. The molecular formula is C23H33N7. The third-order valence-electron chi connectivity index (χ3n) is 5.95. The first-order valence-electron chi connectivity index (χ1n) is 11.1. The molecule has 160 valence electrons. The van der Waals surface area contributed by atoms with Crippen molar-refractivity contribution in [2.75, 3.05) is 51.2 Å².